The van der Waals surface area contributed by atoms with Crippen LogP contribution in [0.2, 0.25) is 25.7 Å². The number of esters is 3. The monoisotopic (exact) mass is 843 g/mol. The van der Waals surface area contributed by atoms with E-state index in [9.17, 15) is 30.1 Å². The molecule has 0 amide bonds. The van der Waals surface area contributed by atoms with Gasteiger partial charge in [-0.3, -0.25) is 9.59 Å². The molecule has 0 spiro atoms. The summed E-state index contributed by atoms with van der Waals surface area (Å²) in [6.07, 6.45) is -18.7. The van der Waals surface area contributed by atoms with Crippen LogP contribution in [-0.4, -0.2) is 163 Å². The molecule has 0 unspecified atom stereocenters. The maximum Gasteiger partial charge on any atom is 0.338 e. The van der Waals surface area contributed by atoms with Gasteiger partial charge in [0, 0.05) is 47.7 Å². The number of aliphatic hydroxyl groups excluding tert-OH is 2. The quantitative estimate of drug-likeness (QED) is 0.0535. The maximum absolute atomic E-state index is 13.1. The molecule has 21 heteroatoms. The molecule has 1 aromatic carbocycles. The van der Waals surface area contributed by atoms with Crippen molar-refractivity contribution >= 4 is 26.0 Å². The number of carbonyl (C=O) groups excluding carboxylic acids is 3. The molecule has 15 atom stereocenters. The predicted molar refractivity (Wildman–Crippen MR) is 201 cm³/mol. The normalized spacial score (nSPS) is 35.3. The van der Waals surface area contributed by atoms with Crippen molar-refractivity contribution in [3.05, 3.63) is 46.3 Å². The van der Waals surface area contributed by atoms with Crippen molar-refractivity contribution in [2.75, 3.05) is 34.5 Å². The summed E-state index contributed by atoms with van der Waals surface area (Å²) >= 11 is 0. The molecule has 3 saturated heterocycles. The summed E-state index contributed by atoms with van der Waals surface area (Å²) < 4.78 is 72.2. The summed E-state index contributed by atoms with van der Waals surface area (Å²) in [5.74, 6) is -2.51. The highest BCUT2D eigenvalue weighted by molar-refractivity contribution is 6.76. The van der Waals surface area contributed by atoms with Crippen LogP contribution < -0.4 is 0 Å². The summed E-state index contributed by atoms with van der Waals surface area (Å²) in [5, 5.41) is 25.0. The molecule has 3 fully saturated rings. The number of carbonyl (C=O) groups is 3. The second kappa shape index (κ2) is 21.8. The van der Waals surface area contributed by atoms with Gasteiger partial charge < -0.3 is 67.1 Å². The van der Waals surface area contributed by atoms with Gasteiger partial charge in [0.1, 0.15) is 42.7 Å². The van der Waals surface area contributed by atoms with Crippen molar-refractivity contribution in [2.24, 2.45) is 5.11 Å². The summed E-state index contributed by atoms with van der Waals surface area (Å²) in [6, 6.07) is 8.68. The summed E-state index contributed by atoms with van der Waals surface area (Å²) in [6.45, 7) is 10.1. The molecule has 3 aliphatic rings. The number of rotatable bonds is 18. The highest BCUT2D eigenvalue weighted by atomic mass is 28.3. The Balaban J connectivity index is 1.86. The lowest BCUT2D eigenvalue weighted by molar-refractivity contribution is -0.379. The molecule has 58 heavy (non-hydrogen) atoms. The minimum Gasteiger partial charge on any atom is -0.467 e. The minimum atomic E-state index is -1.68. The van der Waals surface area contributed by atoms with Crippen molar-refractivity contribution in [3.63, 3.8) is 0 Å². The third-order valence-electron chi connectivity index (χ3n) is 9.81. The lowest BCUT2D eigenvalue weighted by Gasteiger charge is -2.50. The van der Waals surface area contributed by atoms with Crippen molar-refractivity contribution in [2.45, 2.75) is 145 Å². The Hall–Kier alpha value is -3.28. The molecule has 3 aliphatic heterocycles. The molecule has 4 rings (SSSR count). The first-order valence-corrected chi connectivity index (χ1v) is 22.6. The van der Waals surface area contributed by atoms with Crippen molar-refractivity contribution in [3.8, 4) is 0 Å². The van der Waals surface area contributed by atoms with E-state index in [1.807, 2.05) is 30.3 Å². The van der Waals surface area contributed by atoms with Crippen molar-refractivity contribution < 1.29 is 81.4 Å². The van der Waals surface area contributed by atoms with E-state index in [1.165, 1.54) is 14.2 Å². The van der Waals surface area contributed by atoms with Gasteiger partial charge in [-0.15, -0.1) is 0 Å². The Labute approximate surface area is 338 Å². The number of methoxy groups -OCH3 is 3. The molecule has 0 radical (unpaired) electrons. The molecule has 2 N–H and O–H groups in total. The lowest BCUT2D eigenvalue weighted by atomic mass is 9.95. The highest BCUT2D eigenvalue weighted by Crippen LogP contribution is 2.38. The molecule has 326 valence electrons. The Kier molecular flexibility index (Phi) is 17.8. The molecular weight excluding hydrogens is 786 g/mol. The number of nitrogens with zero attached hydrogens (tertiary/aromatic N) is 3. The Morgan fingerprint density at radius 2 is 1.45 bits per heavy atom. The first kappa shape index (κ1) is 47.4. The van der Waals surface area contributed by atoms with E-state index in [4.69, 9.17) is 56.8 Å². The summed E-state index contributed by atoms with van der Waals surface area (Å²) in [4.78, 5) is 41.1. The second-order valence-electron chi connectivity index (χ2n) is 15.3. The smallest absolute Gasteiger partial charge is 0.338 e. The molecule has 20 nitrogen and oxygen atoms in total. The van der Waals surface area contributed by atoms with E-state index in [2.05, 4.69) is 29.7 Å². The fourth-order valence-corrected chi connectivity index (χ4v) is 7.66. The zero-order valence-electron chi connectivity index (χ0n) is 34.2. The number of benzene rings is 1. The summed E-state index contributed by atoms with van der Waals surface area (Å²) in [5.41, 5.74) is 10.4. The number of aliphatic hydroxyl groups is 2. The van der Waals surface area contributed by atoms with Crippen LogP contribution in [-0.2, 0) is 77.8 Å². The third-order valence-corrected chi connectivity index (χ3v) is 11.5. The maximum atomic E-state index is 13.1. The summed E-state index contributed by atoms with van der Waals surface area (Å²) in [7, 11) is 2.06. The average Bonchev–Trinajstić information content (AvgIpc) is 3.17. The van der Waals surface area contributed by atoms with Gasteiger partial charge in [0.25, 0.3) is 0 Å². The number of hydrogen-bond donors (Lipinski definition) is 2. The van der Waals surface area contributed by atoms with Gasteiger partial charge >= 0.3 is 17.9 Å². The molecule has 0 aliphatic carbocycles. The SMILES string of the molecule is COC(=O)[C@H]1O[C@@H](O[C@H]2[C@@H](O[C@H]3O[C@H](CO)[C@H](O)[C@H](OC)[C@H]3N=[N+]=[N-])[C@H](OCc3ccccc3)[C@H](OCC[Si](C)(C)C)O[C@H]2C)[C@H](OC(C)=O)[C@@H](OC(C)=O)[C@@H]1OC. The molecule has 0 bridgehead atoms. The van der Waals surface area contributed by atoms with Gasteiger partial charge in [0.15, 0.2) is 37.2 Å². The number of hydrogen-bond acceptors (Lipinski definition) is 18. The van der Waals surface area contributed by atoms with Crippen LogP contribution in [0.3, 0.4) is 0 Å². The van der Waals surface area contributed by atoms with E-state index in [1.54, 1.807) is 6.92 Å². The van der Waals surface area contributed by atoms with Crippen LogP contribution in [0.5, 0.6) is 0 Å². The third kappa shape index (κ3) is 12.2. The van der Waals surface area contributed by atoms with Gasteiger partial charge in [0.2, 0.25) is 0 Å². The van der Waals surface area contributed by atoms with E-state index in [0.717, 1.165) is 32.6 Å². The Morgan fingerprint density at radius 3 is 2.02 bits per heavy atom. The van der Waals surface area contributed by atoms with E-state index in [-0.39, 0.29) is 6.61 Å². The molecular formula is C37H57N3O17Si. The van der Waals surface area contributed by atoms with Gasteiger partial charge in [-0.1, -0.05) is 55.1 Å². The molecule has 0 saturated carbocycles. The molecule has 1 aromatic rings. The van der Waals surface area contributed by atoms with E-state index >= 15 is 0 Å². The zero-order chi connectivity index (χ0) is 42.7. The van der Waals surface area contributed by atoms with Crippen LogP contribution in [0.1, 0.15) is 26.3 Å². The van der Waals surface area contributed by atoms with Crippen LogP contribution >= 0.6 is 0 Å². The standard InChI is InChI=1S/C37H57N3O17Si/c1-19-26(55-37-33(53-21(3)43)30(52-20(2)42)28(47-5)31(57-37)34(45)48-6)29(56-35-24(39-40-38)27(46-4)25(44)23(17-41)54-35)32(50-18-22-13-11-10-12-14-22)36(51-19)49-15-16-58(7,8)9/h10-14,19,23-33,35-37,41,44H,15-18H2,1-9H3/t19-,23+,24+,25-,26+,27+,28-,29+,30-,31-,32-,33+,35+,36+,37+/m0/s1. The average molecular weight is 844 g/mol. The zero-order valence-corrected chi connectivity index (χ0v) is 35.2. The Morgan fingerprint density at radius 1 is 0.810 bits per heavy atom. The lowest BCUT2D eigenvalue weighted by Crippen LogP contribution is -2.67. The van der Waals surface area contributed by atoms with Crippen molar-refractivity contribution in [1.29, 1.82) is 0 Å². The van der Waals surface area contributed by atoms with E-state index in [0.29, 0.717) is 6.61 Å². The highest BCUT2D eigenvalue weighted by Gasteiger charge is 2.58. The first-order valence-electron chi connectivity index (χ1n) is 18.9. The predicted octanol–water partition coefficient (Wildman–Crippen LogP) is 1.99. The topological polar surface area (TPSA) is 251 Å². The number of azide groups is 1. The number of ether oxygens (including phenoxy) is 12. The fourth-order valence-electron chi connectivity index (χ4n) is 6.93. The van der Waals surface area contributed by atoms with Crippen molar-refractivity contribution in [1.82, 2.24) is 0 Å². The second-order valence-corrected chi connectivity index (χ2v) is 20.9. The molecule has 0 aromatic heterocycles. The molecule has 3 heterocycles. The van der Waals surface area contributed by atoms with Crippen LogP contribution in [0, 0.1) is 0 Å². The van der Waals surface area contributed by atoms with Crippen LogP contribution in [0.25, 0.3) is 10.4 Å². The van der Waals surface area contributed by atoms with Gasteiger partial charge in [-0.25, -0.2) is 4.79 Å². The van der Waals surface area contributed by atoms with Gasteiger partial charge in [-0.05, 0) is 24.1 Å². The van der Waals surface area contributed by atoms with Crippen LogP contribution in [0.15, 0.2) is 35.4 Å². The Bertz CT molecular complexity index is 1530. The van der Waals surface area contributed by atoms with Gasteiger partial charge in [0.05, 0.1) is 32.5 Å². The fraction of sp³-hybridized carbons (Fsp3) is 0.757. The minimum absolute atomic E-state index is 0.0259. The first-order chi connectivity index (χ1) is 27.6. The van der Waals surface area contributed by atoms with E-state index < -0.39 is 125 Å². The van der Waals surface area contributed by atoms with Gasteiger partial charge in [-0.2, -0.15) is 0 Å². The van der Waals surface area contributed by atoms with Crippen LogP contribution in [0.4, 0.5) is 0 Å². The largest absolute Gasteiger partial charge is 0.467 e.